The fourth-order valence-electron chi connectivity index (χ4n) is 3.68. The first kappa shape index (κ1) is 19.9. The van der Waals surface area contributed by atoms with E-state index in [-0.39, 0.29) is 30.8 Å². The number of hydrogen-bond donors (Lipinski definition) is 2. The van der Waals surface area contributed by atoms with Gasteiger partial charge in [-0.05, 0) is 37.1 Å². The van der Waals surface area contributed by atoms with Crippen LogP contribution >= 0.6 is 11.6 Å². The highest BCUT2D eigenvalue weighted by Crippen LogP contribution is 2.27. The topological polar surface area (TPSA) is 82.1 Å². The van der Waals surface area contributed by atoms with Crippen molar-refractivity contribution in [3.63, 3.8) is 0 Å². The van der Waals surface area contributed by atoms with Crippen molar-refractivity contribution >= 4 is 23.6 Å². The lowest BCUT2D eigenvalue weighted by atomic mass is 9.85. The van der Waals surface area contributed by atoms with Crippen molar-refractivity contribution in [1.82, 2.24) is 15.1 Å². The lowest BCUT2D eigenvalue weighted by molar-refractivity contribution is -0.139. The maximum Gasteiger partial charge on any atom is 0.317 e. The van der Waals surface area contributed by atoms with Crippen molar-refractivity contribution in [3.8, 4) is 0 Å². The highest BCUT2D eigenvalue weighted by atomic mass is 35.5. The number of amides is 2. The van der Waals surface area contributed by atoms with Gasteiger partial charge in [-0.25, -0.2) is 4.79 Å². The average molecular weight is 396 g/mol. The van der Waals surface area contributed by atoms with Gasteiger partial charge in [-0.2, -0.15) is 0 Å². The van der Waals surface area contributed by atoms with Gasteiger partial charge in [-0.3, -0.25) is 9.69 Å². The Labute approximate surface area is 164 Å². The summed E-state index contributed by atoms with van der Waals surface area (Å²) >= 11 is 6.05. The number of nitrogens with zero attached hydrogens (tertiary/aromatic N) is 2. The number of halogens is 1. The van der Waals surface area contributed by atoms with E-state index >= 15 is 0 Å². The van der Waals surface area contributed by atoms with E-state index < -0.39 is 5.97 Å². The largest absolute Gasteiger partial charge is 0.480 e. The summed E-state index contributed by atoms with van der Waals surface area (Å²) in [6.07, 6.45) is 1.40. The number of nitrogens with one attached hydrogen (secondary N) is 1. The maximum absolute atomic E-state index is 12.6. The molecule has 3 rings (SSSR count). The number of hydrogen-bond acceptors (Lipinski definition) is 4. The summed E-state index contributed by atoms with van der Waals surface area (Å²) in [5.74, 6) is -0.815. The molecule has 2 aliphatic rings. The Hall–Kier alpha value is -1.83. The van der Waals surface area contributed by atoms with Gasteiger partial charge >= 0.3 is 12.0 Å². The van der Waals surface area contributed by atoms with Gasteiger partial charge in [0.2, 0.25) is 0 Å². The van der Waals surface area contributed by atoms with Gasteiger partial charge in [0.25, 0.3) is 0 Å². The molecule has 1 aliphatic carbocycles. The molecule has 0 spiro atoms. The van der Waals surface area contributed by atoms with Gasteiger partial charge in [-0.15, -0.1) is 0 Å². The first-order valence-electron chi connectivity index (χ1n) is 9.34. The molecule has 7 nitrogen and oxygen atoms in total. The number of carbonyl (C=O) groups excluding carboxylic acids is 1. The van der Waals surface area contributed by atoms with Crippen LogP contribution in [0, 0.1) is 0 Å². The Morgan fingerprint density at radius 3 is 2.85 bits per heavy atom. The van der Waals surface area contributed by atoms with E-state index in [4.69, 9.17) is 21.4 Å². The van der Waals surface area contributed by atoms with Crippen LogP contribution in [0.1, 0.15) is 31.4 Å². The first-order chi connectivity index (χ1) is 13.0. The predicted octanol–water partition coefficient (Wildman–Crippen LogP) is 2.36. The van der Waals surface area contributed by atoms with E-state index in [1.54, 1.807) is 4.90 Å². The lowest BCUT2D eigenvalue weighted by Crippen LogP contribution is -2.57. The molecule has 27 heavy (non-hydrogen) atoms. The summed E-state index contributed by atoms with van der Waals surface area (Å²) in [5.41, 5.74) is 0.968. The molecule has 0 aromatic heterocycles. The molecular weight excluding hydrogens is 370 g/mol. The molecule has 1 saturated carbocycles. The van der Waals surface area contributed by atoms with Crippen molar-refractivity contribution < 1.29 is 19.4 Å². The fraction of sp³-hybridized carbons (Fsp3) is 0.579. The minimum absolute atomic E-state index is 0.0482. The number of carboxylic acid groups (broad SMARTS) is 1. The smallest absolute Gasteiger partial charge is 0.317 e. The number of carboxylic acids is 1. The van der Waals surface area contributed by atoms with Gasteiger partial charge in [0, 0.05) is 23.7 Å². The number of ether oxygens (including phenoxy) is 1. The van der Waals surface area contributed by atoms with E-state index in [1.807, 2.05) is 36.1 Å². The number of rotatable bonds is 6. The summed E-state index contributed by atoms with van der Waals surface area (Å²) < 4.78 is 5.80. The molecule has 1 aromatic carbocycles. The quantitative estimate of drug-likeness (QED) is 0.772. The second kappa shape index (κ2) is 8.91. The second-order valence-electron chi connectivity index (χ2n) is 7.09. The zero-order chi connectivity index (χ0) is 19.4. The third kappa shape index (κ3) is 5.12. The van der Waals surface area contributed by atoms with Crippen LogP contribution < -0.4 is 5.32 Å². The predicted molar refractivity (Wildman–Crippen MR) is 102 cm³/mol. The molecule has 2 amide bonds. The number of benzene rings is 1. The van der Waals surface area contributed by atoms with Crippen LogP contribution in [0.5, 0.6) is 0 Å². The van der Waals surface area contributed by atoms with E-state index in [0.717, 1.165) is 18.4 Å². The van der Waals surface area contributed by atoms with Gasteiger partial charge in [-0.1, -0.05) is 30.7 Å². The van der Waals surface area contributed by atoms with Gasteiger partial charge in [0.1, 0.15) is 6.10 Å². The Morgan fingerprint density at radius 1 is 1.41 bits per heavy atom. The van der Waals surface area contributed by atoms with Crippen LogP contribution in [0.25, 0.3) is 0 Å². The molecule has 1 aromatic rings. The summed E-state index contributed by atoms with van der Waals surface area (Å²) in [6.45, 7) is 4.23. The number of carbonyl (C=O) groups is 2. The van der Waals surface area contributed by atoms with Gasteiger partial charge in [0.05, 0.1) is 19.7 Å². The van der Waals surface area contributed by atoms with Crippen LogP contribution in [-0.2, 0) is 9.53 Å². The zero-order valence-electron chi connectivity index (χ0n) is 15.4. The molecule has 0 bridgehead atoms. The Bertz CT molecular complexity index is 681. The normalized spacial score (nSPS) is 25.1. The molecule has 1 aliphatic heterocycles. The molecule has 8 heteroatoms. The Morgan fingerprint density at radius 2 is 2.19 bits per heavy atom. The Balaban J connectivity index is 1.48. The van der Waals surface area contributed by atoms with Crippen molar-refractivity contribution in [2.75, 3.05) is 32.8 Å². The number of likely N-dealkylation sites (N-methyl/N-ethyl adjacent to an activating group) is 1. The highest BCUT2D eigenvalue weighted by molar-refractivity contribution is 6.30. The number of urea groups is 1. The molecule has 148 valence electrons. The van der Waals surface area contributed by atoms with Crippen LogP contribution in [0.4, 0.5) is 4.79 Å². The summed E-state index contributed by atoms with van der Waals surface area (Å²) in [4.78, 5) is 27.2. The first-order valence-corrected chi connectivity index (χ1v) is 9.72. The minimum atomic E-state index is -0.815. The van der Waals surface area contributed by atoms with Crippen molar-refractivity contribution in [2.24, 2.45) is 0 Å². The molecule has 1 atom stereocenters. The summed E-state index contributed by atoms with van der Waals surface area (Å²) in [5, 5.41) is 12.7. The van der Waals surface area contributed by atoms with E-state index in [0.29, 0.717) is 31.3 Å². The van der Waals surface area contributed by atoms with Gasteiger partial charge in [0.15, 0.2) is 0 Å². The fourth-order valence-corrected chi connectivity index (χ4v) is 3.88. The molecule has 1 heterocycles. The van der Waals surface area contributed by atoms with Crippen molar-refractivity contribution in [2.45, 2.75) is 38.0 Å². The molecule has 2 N–H and O–H groups in total. The molecule has 0 radical (unpaired) electrons. The van der Waals surface area contributed by atoms with Crippen molar-refractivity contribution in [1.29, 1.82) is 0 Å². The molecule has 2 fully saturated rings. The minimum Gasteiger partial charge on any atom is -0.480 e. The van der Waals surface area contributed by atoms with E-state index in [2.05, 4.69) is 5.32 Å². The third-order valence-corrected chi connectivity index (χ3v) is 5.51. The SMILES string of the molecule is CCN(CC(=O)O)C1CC(NC(=O)N2CCOC(c3cccc(Cl)c3)C2)C1. The van der Waals surface area contributed by atoms with Crippen molar-refractivity contribution in [3.05, 3.63) is 34.9 Å². The average Bonchev–Trinajstić information content (AvgIpc) is 2.62. The monoisotopic (exact) mass is 395 g/mol. The molecule has 1 unspecified atom stereocenters. The third-order valence-electron chi connectivity index (χ3n) is 5.28. The lowest BCUT2D eigenvalue weighted by Gasteiger charge is -2.43. The highest BCUT2D eigenvalue weighted by Gasteiger charge is 2.36. The standard InChI is InChI=1S/C19H26ClN3O4/c1-2-22(12-18(24)25)16-9-15(10-16)21-19(26)23-6-7-27-17(11-23)13-4-3-5-14(20)8-13/h3-5,8,15-17H,2,6-7,9-12H2,1H3,(H,21,26)(H,24,25). The summed E-state index contributed by atoms with van der Waals surface area (Å²) in [7, 11) is 0. The van der Waals surface area contributed by atoms with Crippen LogP contribution in [0.3, 0.4) is 0 Å². The Kier molecular flexibility index (Phi) is 6.57. The van der Waals surface area contributed by atoms with Crippen LogP contribution in [0.2, 0.25) is 5.02 Å². The zero-order valence-corrected chi connectivity index (χ0v) is 16.2. The second-order valence-corrected chi connectivity index (χ2v) is 7.53. The number of morpholine rings is 1. The number of aliphatic carboxylic acids is 1. The molecular formula is C19H26ClN3O4. The van der Waals surface area contributed by atoms with Gasteiger partial charge < -0.3 is 20.1 Å². The van der Waals surface area contributed by atoms with Crippen LogP contribution in [0.15, 0.2) is 24.3 Å². The maximum atomic E-state index is 12.6. The van der Waals surface area contributed by atoms with E-state index in [9.17, 15) is 9.59 Å². The molecule has 1 saturated heterocycles. The summed E-state index contributed by atoms with van der Waals surface area (Å²) in [6, 6.07) is 7.75. The van der Waals surface area contributed by atoms with E-state index in [1.165, 1.54) is 0 Å². The van der Waals surface area contributed by atoms with Crippen LogP contribution in [-0.4, -0.2) is 71.8 Å².